The number of hydrogen-bond acceptors (Lipinski definition) is 3. The van der Waals surface area contributed by atoms with E-state index in [9.17, 15) is 9.36 Å². The molecule has 66 valence electrons. The van der Waals surface area contributed by atoms with Crippen molar-refractivity contribution in [2.24, 2.45) is 5.50 Å². The molecule has 0 aromatic rings. The van der Waals surface area contributed by atoms with E-state index in [1.54, 1.807) is 0 Å². The highest BCUT2D eigenvalue weighted by Crippen LogP contribution is 2.49. The third-order valence-electron chi connectivity index (χ3n) is 1.14. The van der Waals surface area contributed by atoms with Crippen LogP contribution in [0.3, 0.4) is 0 Å². The summed E-state index contributed by atoms with van der Waals surface area (Å²) in [6.07, 6.45) is 1.25. The number of carbonyl (C=O) groups is 1. The van der Waals surface area contributed by atoms with Gasteiger partial charge in [0.25, 0.3) is 6.65 Å². The van der Waals surface area contributed by atoms with Gasteiger partial charge in [-0.25, -0.2) is 0 Å². The zero-order valence-corrected chi connectivity index (χ0v) is 8.32. The van der Waals surface area contributed by atoms with E-state index in [1.165, 1.54) is 0 Å². The summed E-state index contributed by atoms with van der Waals surface area (Å²) in [6.45, 7) is 0.918. The van der Waals surface area contributed by atoms with Crippen LogP contribution in [-0.4, -0.2) is 11.7 Å². The molecule has 0 aliphatic heterocycles. The van der Waals surface area contributed by atoms with Gasteiger partial charge in [-0.15, -0.1) is 0 Å². The maximum absolute atomic E-state index is 11.2. The number of rotatable bonds is 5. The van der Waals surface area contributed by atoms with Crippen molar-refractivity contribution in [2.45, 2.75) is 25.5 Å². The minimum absolute atomic E-state index is 0.207. The molecule has 0 aromatic carbocycles. The lowest BCUT2D eigenvalue weighted by molar-refractivity contribution is -0.108. The van der Waals surface area contributed by atoms with E-state index in [4.69, 9.17) is 5.50 Å². The van der Waals surface area contributed by atoms with Crippen LogP contribution < -0.4 is 10.6 Å². The first-order valence-corrected chi connectivity index (χ1v) is 6.56. The SMILES string of the molecule is CCC(C)SP(N)(=O)NC=O. The molecule has 0 heterocycles. The number of nitrogens with one attached hydrogen (secondary N) is 1. The number of hydrogen-bond donors (Lipinski definition) is 2. The molecule has 0 rings (SSSR count). The number of nitrogens with two attached hydrogens (primary N) is 1. The van der Waals surface area contributed by atoms with Gasteiger partial charge < -0.3 is 0 Å². The van der Waals surface area contributed by atoms with E-state index >= 15 is 0 Å². The van der Waals surface area contributed by atoms with Crippen LogP contribution in [0.25, 0.3) is 0 Å². The molecule has 1 amide bonds. The van der Waals surface area contributed by atoms with Crippen molar-refractivity contribution in [3.8, 4) is 0 Å². The molecule has 0 saturated heterocycles. The van der Waals surface area contributed by atoms with Gasteiger partial charge in [0, 0.05) is 5.25 Å². The lowest BCUT2D eigenvalue weighted by Gasteiger charge is -2.13. The minimum Gasteiger partial charge on any atom is -0.290 e. The van der Waals surface area contributed by atoms with Crippen LogP contribution >= 0.6 is 18.0 Å². The normalized spacial score (nSPS) is 18.5. The smallest absolute Gasteiger partial charge is 0.289 e. The van der Waals surface area contributed by atoms with Crippen LogP contribution in [0, 0.1) is 0 Å². The predicted molar refractivity (Wildman–Crippen MR) is 48.3 cm³/mol. The molecular weight excluding hydrogens is 183 g/mol. The summed E-state index contributed by atoms with van der Waals surface area (Å²) in [4.78, 5) is 9.91. The molecular formula is C5H13N2O2PS. The van der Waals surface area contributed by atoms with Crippen molar-refractivity contribution in [1.82, 2.24) is 5.09 Å². The summed E-state index contributed by atoms with van der Waals surface area (Å²) in [5, 5.41) is 2.31. The van der Waals surface area contributed by atoms with Gasteiger partial charge in [0.05, 0.1) is 0 Å². The average molecular weight is 196 g/mol. The van der Waals surface area contributed by atoms with Crippen LogP contribution in [0.2, 0.25) is 0 Å². The minimum atomic E-state index is -2.97. The second kappa shape index (κ2) is 4.80. The van der Waals surface area contributed by atoms with Gasteiger partial charge in [-0.05, 0) is 6.42 Å². The summed E-state index contributed by atoms with van der Waals surface area (Å²) in [5.74, 6) is 0. The lowest BCUT2D eigenvalue weighted by atomic mass is 10.4. The Hall–Kier alpha value is 0.0100. The molecule has 0 bridgehead atoms. The van der Waals surface area contributed by atoms with E-state index < -0.39 is 6.65 Å². The van der Waals surface area contributed by atoms with E-state index in [1.807, 2.05) is 13.8 Å². The van der Waals surface area contributed by atoms with E-state index in [0.29, 0.717) is 6.41 Å². The third kappa shape index (κ3) is 5.30. The molecule has 11 heavy (non-hydrogen) atoms. The van der Waals surface area contributed by atoms with Gasteiger partial charge in [-0.3, -0.25) is 20.0 Å². The molecule has 4 nitrogen and oxygen atoms in total. The molecule has 0 saturated carbocycles. The highest BCUT2D eigenvalue weighted by molar-refractivity contribution is 8.57. The molecule has 2 unspecified atom stereocenters. The first kappa shape index (κ1) is 11.0. The zero-order chi connectivity index (χ0) is 8.91. The summed E-state index contributed by atoms with van der Waals surface area (Å²) in [7, 11) is 0. The van der Waals surface area contributed by atoms with E-state index in [-0.39, 0.29) is 5.25 Å². The Morgan fingerprint density at radius 2 is 2.36 bits per heavy atom. The molecule has 0 aliphatic carbocycles. The molecule has 0 aromatic heterocycles. The molecule has 6 heteroatoms. The summed E-state index contributed by atoms with van der Waals surface area (Å²) in [6, 6.07) is 0. The Bertz CT molecular complexity index is 176. The summed E-state index contributed by atoms with van der Waals surface area (Å²) in [5.41, 5.74) is 5.28. The van der Waals surface area contributed by atoms with E-state index in [0.717, 1.165) is 17.8 Å². The molecule has 0 aliphatic rings. The van der Waals surface area contributed by atoms with E-state index in [2.05, 4.69) is 5.09 Å². The average Bonchev–Trinajstić information content (AvgIpc) is 1.86. The van der Waals surface area contributed by atoms with Gasteiger partial charge in [-0.1, -0.05) is 25.2 Å². The fourth-order valence-corrected chi connectivity index (χ4v) is 3.70. The number of amides is 1. The molecule has 0 radical (unpaired) electrons. The topological polar surface area (TPSA) is 72.2 Å². The highest BCUT2D eigenvalue weighted by atomic mass is 32.7. The van der Waals surface area contributed by atoms with Crippen LogP contribution in [-0.2, 0) is 9.36 Å². The second-order valence-electron chi connectivity index (χ2n) is 2.17. The third-order valence-corrected chi connectivity index (χ3v) is 4.95. The Morgan fingerprint density at radius 1 is 1.82 bits per heavy atom. The van der Waals surface area contributed by atoms with Crippen LogP contribution in [0.5, 0.6) is 0 Å². The molecule has 0 fully saturated rings. The Kier molecular flexibility index (Phi) is 4.81. The first-order valence-electron chi connectivity index (χ1n) is 3.30. The molecule has 3 N–H and O–H groups in total. The van der Waals surface area contributed by atoms with Crippen LogP contribution in [0.15, 0.2) is 0 Å². The molecule has 2 atom stereocenters. The van der Waals surface area contributed by atoms with Crippen molar-refractivity contribution in [3.63, 3.8) is 0 Å². The summed E-state index contributed by atoms with van der Waals surface area (Å²) < 4.78 is 11.2. The quantitative estimate of drug-likeness (QED) is 0.514. The highest BCUT2D eigenvalue weighted by Gasteiger charge is 2.18. The fourth-order valence-electron chi connectivity index (χ4n) is 0.446. The first-order chi connectivity index (χ1) is 5.02. The van der Waals surface area contributed by atoms with Gasteiger partial charge in [0.15, 0.2) is 0 Å². The maximum atomic E-state index is 11.2. The lowest BCUT2D eigenvalue weighted by Crippen LogP contribution is -2.13. The Balaban J connectivity index is 3.90. The van der Waals surface area contributed by atoms with Crippen LogP contribution in [0.1, 0.15) is 20.3 Å². The second-order valence-corrected chi connectivity index (χ2v) is 6.90. The van der Waals surface area contributed by atoms with Crippen molar-refractivity contribution < 1.29 is 9.36 Å². The fraction of sp³-hybridized carbons (Fsp3) is 0.800. The van der Waals surface area contributed by atoms with Gasteiger partial charge in [-0.2, -0.15) is 0 Å². The Labute approximate surface area is 70.5 Å². The van der Waals surface area contributed by atoms with Crippen molar-refractivity contribution >= 4 is 24.4 Å². The monoisotopic (exact) mass is 196 g/mol. The standard InChI is InChI=1S/C5H13N2O2PS/c1-3-5(2)11-10(6,9)7-4-8/h4-5H,3H2,1-2H3,(H3,6,7,8,9). The largest absolute Gasteiger partial charge is 0.290 e. The van der Waals surface area contributed by atoms with Crippen molar-refractivity contribution in [3.05, 3.63) is 0 Å². The van der Waals surface area contributed by atoms with Gasteiger partial charge in [0.1, 0.15) is 0 Å². The molecule has 0 spiro atoms. The Morgan fingerprint density at radius 3 is 2.73 bits per heavy atom. The number of carbonyl (C=O) groups excluding carboxylic acids is 1. The van der Waals surface area contributed by atoms with Crippen molar-refractivity contribution in [2.75, 3.05) is 0 Å². The zero-order valence-electron chi connectivity index (χ0n) is 6.61. The predicted octanol–water partition coefficient (Wildman–Crippen LogP) is 1.33. The van der Waals surface area contributed by atoms with Gasteiger partial charge >= 0.3 is 0 Å². The van der Waals surface area contributed by atoms with Gasteiger partial charge in [0.2, 0.25) is 6.41 Å². The summed E-state index contributed by atoms with van der Waals surface area (Å²) >= 11 is 1.12. The maximum Gasteiger partial charge on any atom is 0.289 e. The van der Waals surface area contributed by atoms with Crippen LogP contribution in [0.4, 0.5) is 0 Å². The van der Waals surface area contributed by atoms with Crippen molar-refractivity contribution in [1.29, 1.82) is 0 Å².